The largest absolute Gasteiger partial charge is 0.391 e. The van der Waals surface area contributed by atoms with Gasteiger partial charge in [0.1, 0.15) is 17.9 Å². The number of piperazine rings is 1. The Balaban J connectivity index is 1.54. The molecule has 0 aromatic heterocycles. The molecule has 1 aromatic carbocycles. The molecule has 0 bridgehead atoms. The Kier molecular flexibility index (Phi) is 5.08. The second-order valence-corrected chi connectivity index (χ2v) is 6.62. The molecule has 0 unspecified atom stereocenters. The smallest absolute Gasteiger partial charge is 0.315 e. The summed E-state index contributed by atoms with van der Waals surface area (Å²) in [4.78, 5) is 37.9. The van der Waals surface area contributed by atoms with E-state index in [0.29, 0.717) is 12.0 Å². The number of nitrogens with zero attached hydrogens (tertiary/aromatic N) is 1. The van der Waals surface area contributed by atoms with Crippen LogP contribution in [0.1, 0.15) is 18.9 Å². The fraction of sp³-hybridized carbons (Fsp3) is 0.471. The molecule has 0 saturated carbocycles. The van der Waals surface area contributed by atoms with Gasteiger partial charge >= 0.3 is 6.03 Å². The molecule has 2 saturated heterocycles. The van der Waals surface area contributed by atoms with Crippen LogP contribution >= 0.6 is 0 Å². The Morgan fingerprint density at radius 3 is 2.92 bits per heavy atom. The van der Waals surface area contributed by atoms with Crippen LogP contribution in [0.3, 0.4) is 0 Å². The maximum Gasteiger partial charge on any atom is 0.315 e. The topological polar surface area (TPSA) is 111 Å². The van der Waals surface area contributed by atoms with Gasteiger partial charge in [-0.15, -0.1) is 0 Å². The molecule has 8 nitrogen and oxygen atoms in total. The average molecular weight is 364 g/mol. The number of hydrogen-bond acceptors (Lipinski definition) is 4. The molecule has 0 radical (unpaired) electrons. The Morgan fingerprint density at radius 1 is 1.46 bits per heavy atom. The highest BCUT2D eigenvalue weighted by molar-refractivity contribution is 5.98. The molecular weight excluding hydrogens is 343 g/mol. The second kappa shape index (κ2) is 7.28. The van der Waals surface area contributed by atoms with Crippen LogP contribution in [0.2, 0.25) is 0 Å². The lowest BCUT2D eigenvalue weighted by Crippen LogP contribution is -2.64. The molecule has 2 fully saturated rings. The Labute approximate surface area is 149 Å². The van der Waals surface area contributed by atoms with Crippen molar-refractivity contribution < 1.29 is 23.9 Å². The summed E-state index contributed by atoms with van der Waals surface area (Å²) in [6.07, 6.45) is -0.689. The molecule has 0 spiro atoms. The number of aliphatic hydroxyl groups excluding tert-OH is 1. The van der Waals surface area contributed by atoms with Crippen LogP contribution < -0.4 is 16.0 Å². The van der Waals surface area contributed by atoms with Crippen LogP contribution in [-0.2, 0) is 16.1 Å². The number of rotatable bonds is 4. The zero-order valence-corrected chi connectivity index (χ0v) is 14.2. The minimum absolute atomic E-state index is 0.160. The molecule has 0 aliphatic carbocycles. The van der Waals surface area contributed by atoms with E-state index >= 15 is 0 Å². The summed E-state index contributed by atoms with van der Waals surface area (Å²) in [6.45, 7) is 1.80. The highest BCUT2D eigenvalue weighted by Crippen LogP contribution is 2.23. The van der Waals surface area contributed by atoms with Crippen molar-refractivity contribution in [2.45, 2.75) is 44.1 Å². The molecule has 3 rings (SSSR count). The molecule has 4 N–H and O–H groups in total. The summed E-state index contributed by atoms with van der Waals surface area (Å²) >= 11 is 0. The van der Waals surface area contributed by atoms with Gasteiger partial charge in [0.25, 0.3) is 0 Å². The lowest BCUT2D eigenvalue weighted by Gasteiger charge is -2.35. The number of carbonyl (C=O) groups excluding carboxylic acids is 3. The molecule has 9 heteroatoms. The third-order valence-electron chi connectivity index (χ3n) is 4.61. The zero-order chi connectivity index (χ0) is 18.8. The van der Waals surface area contributed by atoms with Gasteiger partial charge in [-0.1, -0.05) is 12.1 Å². The number of urea groups is 1. The maximum absolute atomic E-state index is 13.1. The summed E-state index contributed by atoms with van der Waals surface area (Å²) in [6, 6.07) is 3.45. The van der Waals surface area contributed by atoms with Crippen LogP contribution in [0.4, 0.5) is 9.18 Å². The average Bonchev–Trinajstić information content (AvgIpc) is 3.01. The summed E-state index contributed by atoms with van der Waals surface area (Å²) in [5.41, 5.74) is 0.623. The third-order valence-corrected chi connectivity index (χ3v) is 4.61. The van der Waals surface area contributed by atoms with E-state index in [1.807, 2.05) is 0 Å². The van der Waals surface area contributed by atoms with Gasteiger partial charge in [-0.2, -0.15) is 0 Å². The Hall–Kier alpha value is -2.68. The van der Waals surface area contributed by atoms with Crippen molar-refractivity contribution in [2.75, 3.05) is 6.54 Å². The number of aliphatic hydroxyl groups is 1. The molecule has 140 valence electrons. The van der Waals surface area contributed by atoms with Crippen molar-refractivity contribution in [3.63, 3.8) is 0 Å². The standard InChI is InChI=1S/C17H21FN4O4/c1-9(23)14-16(25)22-8-12(6-13(22)15(24)21-14)20-17(26)19-7-10-3-2-4-11(18)5-10/h2-5,9,12-14,23H,6-8H2,1H3,(H,21,24)(H2,19,20,26)/t9-,12-,13-,14+/m0/s1. The minimum atomic E-state index is -0.992. The Bertz CT molecular complexity index is 726. The van der Waals surface area contributed by atoms with Gasteiger partial charge in [-0.25, -0.2) is 9.18 Å². The maximum atomic E-state index is 13.1. The number of amides is 4. The highest BCUT2D eigenvalue weighted by Gasteiger charge is 2.47. The van der Waals surface area contributed by atoms with E-state index in [2.05, 4.69) is 16.0 Å². The van der Waals surface area contributed by atoms with Gasteiger partial charge in [-0.3, -0.25) is 9.59 Å². The SMILES string of the molecule is C[C@H](O)[C@H]1NC(=O)[C@@H]2C[C@H](NC(=O)NCc3cccc(F)c3)CN2C1=O. The fourth-order valence-corrected chi connectivity index (χ4v) is 3.32. The third kappa shape index (κ3) is 3.77. The fourth-order valence-electron chi connectivity index (χ4n) is 3.32. The molecule has 4 amide bonds. The first-order chi connectivity index (χ1) is 12.3. The van der Waals surface area contributed by atoms with E-state index in [9.17, 15) is 23.9 Å². The monoisotopic (exact) mass is 364 g/mol. The highest BCUT2D eigenvalue weighted by atomic mass is 19.1. The van der Waals surface area contributed by atoms with E-state index in [-0.39, 0.29) is 36.8 Å². The van der Waals surface area contributed by atoms with Gasteiger partial charge in [-0.05, 0) is 31.0 Å². The lowest BCUT2D eigenvalue weighted by atomic mass is 10.0. The molecule has 26 heavy (non-hydrogen) atoms. The number of fused-ring (bicyclic) bond motifs is 1. The van der Waals surface area contributed by atoms with Crippen LogP contribution in [0.15, 0.2) is 24.3 Å². The first kappa shape index (κ1) is 18.1. The molecular formula is C17H21FN4O4. The number of carbonyl (C=O) groups is 3. The van der Waals surface area contributed by atoms with Gasteiger partial charge in [0, 0.05) is 13.1 Å². The quantitative estimate of drug-likeness (QED) is 0.576. The first-order valence-corrected chi connectivity index (χ1v) is 8.43. The summed E-state index contributed by atoms with van der Waals surface area (Å²) in [5, 5.41) is 17.5. The summed E-state index contributed by atoms with van der Waals surface area (Å²) in [7, 11) is 0. The van der Waals surface area contributed by atoms with Crippen LogP contribution in [0.5, 0.6) is 0 Å². The van der Waals surface area contributed by atoms with Crippen LogP contribution in [-0.4, -0.2) is 58.6 Å². The second-order valence-electron chi connectivity index (χ2n) is 6.62. The predicted octanol–water partition coefficient (Wildman–Crippen LogP) is -0.526. The molecule has 1 aromatic rings. The van der Waals surface area contributed by atoms with E-state index in [1.54, 1.807) is 12.1 Å². The number of hydrogen-bond donors (Lipinski definition) is 4. The molecule has 2 heterocycles. The van der Waals surface area contributed by atoms with Crippen molar-refractivity contribution in [3.05, 3.63) is 35.6 Å². The zero-order valence-electron chi connectivity index (χ0n) is 14.2. The summed E-state index contributed by atoms with van der Waals surface area (Å²) < 4.78 is 13.1. The molecule has 2 aliphatic heterocycles. The van der Waals surface area contributed by atoms with Gasteiger partial charge < -0.3 is 26.0 Å². The van der Waals surface area contributed by atoms with Crippen LogP contribution in [0.25, 0.3) is 0 Å². The Morgan fingerprint density at radius 2 is 2.23 bits per heavy atom. The van der Waals surface area contributed by atoms with Gasteiger partial charge in [0.2, 0.25) is 11.8 Å². The van der Waals surface area contributed by atoms with Crippen molar-refractivity contribution in [1.29, 1.82) is 0 Å². The number of halogens is 1. The van der Waals surface area contributed by atoms with Crippen molar-refractivity contribution in [1.82, 2.24) is 20.9 Å². The van der Waals surface area contributed by atoms with Crippen molar-refractivity contribution in [3.8, 4) is 0 Å². The van der Waals surface area contributed by atoms with E-state index < -0.39 is 24.2 Å². The predicted molar refractivity (Wildman–Crippen MR) is 89.3 cm³/mol. The summed E-state index contributed by atoms with van der Waals surface area (Å²) in [5.74, 6) is -1.07. The van der Waals surface area contributed by atoms with Crippen molar-refractivity contribution in [2.24, 2.45) is 0 Å². The minimum Gasteiger partial charge on any atom is -0.391 e. The van der Waals surface area contributed by atoms with E-state index in [0.717, 1.165) is 0 Å². The van der Waals surface area contributed by atoms with Gasteiger partial charge in [0.05, 0.1) is 12.1 Å². The van der Waals surface area contributed by atoms with Gasteiger partial charge in [0.15, 0.2) is 0 Å². The molecule has 4 atom stereocenters. The normalized spacial score (nSPS) is 26.1. The molecule has 2 aliphatic rings. The number of nitrogens with one attached hydrogen (secondary N) is 3. The lowest BCUT2D eigenvalue weighted by molar-refractivity contribution is -0.149. The van der Waals surface area contributed by atoms with Crippen LogP contribution in [0, 0.1) is 5.82 Å². The van der Waals surface area contributed by atoms with E-state index in [4.69, 9.17) is 0 Å². The first-order valence-electron chi connectivity index (χ1n) is 8.43. The number of benzene rings is 1. The van der Waals surface area contributed by atoms with Crippen molar-refractivity contribution >= 4 is 17.8 Å². The van der Waals surface area contributed by atoms with E-state index in [1.165, 1.54) is 24.0 Å².